The molecular weight excluding hydrogens is 224 g/mol. The molecule has 0 fully saturated rings. The average molecular weight is 258 g/mol. The maximum Gasteiger partial charge on any atom is 0.0824 e. The molecule has 2 heteroatoms. The standard InChI is InChI=1S/C16H34O2/c1-4-6-8-9-11-13-15(12-10-7-5-2)16(18)14(3)17/h14-18H,4-13H2,1-3H3/t14-,15?,16-/m0/s1. The lowest BCUT2D eigenvalue weighted by Gasteiger charge is -2.25. The zero-order valence-electron chi connectivity index (χ0n) is 12.7. The largest absolute Gasteiger partial charge is 0.391 e. The van der Waals surface area contributed by atoms with E-state index in [1.807, 2.05) is 0 Å². The summed E-state index contributed by atoms with van der Waals surface area (Å²) in [6.07, 6.45) is 11.0. The molecule has 0 heterocycles. The molecule has 0 spiro atoms. The predicted octanol–water partition coefficient (Wildman–Crippen LogP) is 4.29. The van der Waals surface area contributed by atoms with Crippen LogP contribution in [0.15, 0.2) is 0 Å². The first-order valence-corrected chi connectivity index (χ1v) is 7.99. The van der Waals surface area contributed by atoms with Crippen molar-refractivity contribution in [3.05, 3.63) is 0 Å². The van der Waals surface area contributed by atoms with Crippen LogP contribution in [-0.2, 0) is 0 Å². The van der Waals surface area contributed by atoms with E-state index >= 15 is 0 Å². The minimum Gasteiger partial charge on any atom is -0.391 e. The van der Waals surface area contributed by atoms with Crippen molar-refractivity contribution in [3.8, 4) is 0 Å². The number of unbranched alkanes of at least 4 members (excludes halogenated alkanes) is 6. The fourth-order valence-corrected chi connectivity index (χ4v) is 2.55. The van der Waals surface area contributed by atoms with Crippen LogP contribution in [0.2, 0.25) is 0 Å². The summed E-state index contributed by atoms with van der Waals surface area (Å²) in [5, 5.41) is 19.6. The molecule has 0 saturated carbocycles. The Labute approximate surface area is 114 Å². The SMILES string of the molecule is CCCCCCCC(CCCCC)[C@@H](O)[C@H](C)O. The third-order valence-electron chi connectivity index (χ3n) is 3.83. The molecule has 3 atom stereocenters. The lowest BCUT2D eigenvalue weighted by molar-refractivity contribution is -0.0134. The minimum atomic E-state index is -0.590. The minimum absolute atomic E-state index is 0.290. The van der Waals surface area contributed by atoms with Gasteiger partial charge in [-0.15, -0.1) is 0 Å². The molecular formula is C16H34O2. The Hall–Kier alpha value is -0.0800. The number of hydrogen-bond acceptors (Lipinski definition) is 2. The number of aliphatic hydroxyl groups is 2. The van der Waals surface area contributed by atoms with Crippen LogP contribution in [0.1, 0.15) is 85.0 Å². The van der Waals surface area contributed by atoms with Crippen LogP contribution in [0.5, 0.6) is 0 Å². The number of hydrogen-bond donors (Lipinski definition) is 2. The Balaban J connectivity index is 3.88. The molecule has 1 unspecified atom stereocenters. The van der Waals surface area contributed by atoms with Gasteiger partial charge in [0.2, 0.25) is 0 Å². The summed E-state index contributed by atoms with van der Waals surface area (Å²) in [7, 11) is 0. The van der Waals surface area contributed by atoms with Gasteiger partial charge < -0.3 is 10.2 Å². The number of aliphatic hydroxyl groups excluding tert-OH is 2. The fraction of sp³-hybridized carbons (Fsp3) is 1.00. The number of rotatable bonds is 12. The summed E-state index contributed by atoms with van der Waals surface area (Å²) in [5.41, 5.74) is 0. The van der Waals surface area contributed by atoms with E-state index in [0.29, 0.717) is 0 Å². The van der Waals surface area contributed by atoms with Gasteiger partial charge in [-0.25, -0.2) is 0 Å². The first-order chi connectivity index (χ1) is 8.63. The molecule has 0 aromatic heterocycles. The molecule has 0 aliphatic heterocycles. The van der Waals surface area contributed by atoms with E-state index < -0.39 is 12.2 Å². The monoisotopic (exact) mass is 258 g/mol. The third kappa shape index (κ3) is 8.93. The van der Waals surface area contributed by atoms with E-state index in [1.165, 1.54) is 51.4 Å². The highest BCUT2D eigenvalue weighted by Gasteiger charge is 2.22. The Morgan fingerprint density at radius 1 is 0.722 bits per heavy atom. The van der Waals surface area contributed by atoms with E-state index in [1.54, 1.807) is 6.92 Å². The molecule has 2 nitrogen and oxygen atoms in total. The van der Waals surface area contributed by atoms with Crippen LogP contribution in [0.25, 0.3) is 0 Å². The van der Waals surface area contributed by atoms with Gasteiger partial charge in [0.15, 0.2) is 0 Å². The van der Waals surface area contributed by atoms with Crippen molar-refractivity contribution >= 4 is 0 Å². The smallest absolute Gasteiger partial charge is 0.0824 e. The quantitative estimate of drug-likeness (QED) is 0.513. The Morgan fingerprint density at radius 2 is 1.17 bits per heavy atom. The van der Waals surface area contributed by atoms with Gasteiger partial charge in [-0.2, -0.15) is 0 Å². The lowest BCUT2D eigenvalue weighted by Crippen LogP contribution is -2.31. The van der Waals surface area contributed by atoms with Gasteiger partial charge in [-0.05, 0) is 25.7 Å². The molecule has 0 aliphatic rings. The summed E-state index contributed by atoms with van der Waals surface area (Å²) in [6.45, 7) is 6.13. The van der Waals surface area contributed by atoms with Crippen molar-refractivity contribution in [2.24, 2.45) is 5.92 Å². The van der Waals surface area contributed by atoms with E-state index in [9.17, 15) is 10.2 Å². The van der Waals surface area contributed by atoms with Crippen molar-refractivity contribution in [3.63, 3.8) is 0 Å². The van der Waals surface area contributed by atoms with Gasteiger partial charge in [-0.3, -0.25) is 0 Å². The highest BCUT2D eigenvalue weighted by Crippen LogP contribution is 2.23. The van der Waals surface area contributed by atoms with E-state index in [2.05, 4.69) is 13.8 Å². The van der Waals surface area contributed by atoms with E-state index in [-0.39, 0.29) is 5.92 Å². The van der Waals surface area contributed by atoms with Crippen molar-refractivity contribution in [1.29, 1.82) is 0 Å². The van der Waals surface area contributed by atoms with Crippen LogP contribution in [0.4, 0.5) is 0 Å². The first kappa shape index (κ1) is 17.9. The average Bonchev–Trinajstić information content (AvgIpc) is 2.35. The lowest BCUT2D eigenvalue weighted by atomic mass is 9.88. The highest BCUT2D eigenvalue weighted by atomic mass is 16.3. The molecule has 0 rings (SSSR count). The zero-order valence-corrected chi connectivity index (χ0v) is 12.7. The second-order valence-electron chi connectivity index (χ2n) is 5.69. The van der Waals surface area contributed by atoms with Crippen LogP contribution >= 0.6 is 0 Å². The van der Waals surface area contributed by atoms with E-state index in [4.69, 9.17) is 0 Å². The summed E-state index contributed by atoms with van der Waals surface area (Å²) in [6, 6.07) is 0. The van der Waals surface area contributed by atoms with Crippen LogP contribution < -0.4 is 0 Å². The maximum atomic E-state index is 10.0. The Kier molecular flexibility index (Phi) is 11.9. The van der Waals surface area contributed by atoms with Crippen molar-refractivity contribution in [1.82, 2.24) is 0 Å². The molecule has 110 valence electrons. The summed E-state index contributed by atoms with van der Waals surface area (Å²) in [5.74, 6) is 0.290. The normalized spacial score (nSPS) is 16.5. The van der Waals surface area contributed by atoms with Crippen LogP contribution in [-0.4, -0.2) is 22.4 Å². The highest BCUT2D eigenvalue weighted by molar-refractivity contribution is 4.73. The molecule has 0 aromatic carbocycles. The molecule has 0 aromatic rings. The van der Waals surface area contributed by atoms with Gasteiger partial charge in [0, 0.05) is 0 Å². The summed E-state index contributed by atoms with van der Waals surface area (Å²) in [4.78, 5) is 0. The second-order valence-corrected chi connectivity index (χ2v) is 5.69. The summed E-state index contributed by atoms with van der Waals surface area (Å²) < 4.78 is 0. The van der Waals surface area contributed by atoms with Crippen molar-refractivity contribution in [2.75, 3.05) is 0 Å². The fourth-order valence-electron chi connectivity index (χ4n) is 2.55. The predicted molar refractivity (Wildman–Crippen MR) is 78.7 cm³/mol. The van der Waals surface area contributed by atoms with Gasteiger partial charge in [0.25, 0.3) is 0 Å². The molecule has 0 aliphatic carbocycles. The van der Waals surface area contributed by atoms with Gasteiger partial charge in [0.1, 0.15) is 0 Å². The van der Waals surface area contributed by atoms with Crippen molar-refractivity contribution < 1.29 is 10.2 Å². The maximum absolute atomic E-state index is 10.0. The summed E-state index contributed by atoms with van der Waals surface area (Å²) >= 11 is 0. The zero-order chi connectivity index (χ0) is 13.8. The molecule has 0 bridgehead atoms. The van der Waals surface area contributed by atoms with Crippen LogP contribution in [0, 0.1) is 5.92 Å². The van der Waals surface area contributed by atoms with Crippen molar-refractivity contribution in [2.45, 2.75) is 97.2 Å². The second kappa shape index (κ2) is 12.0. The topological polar surface area (TPSA) is 40.5 Å². The van der Waals surface area contributed by atoms with E-state index in [0.717, 1.165) is 12.8 Å². The molecule has 0 saturated heterocycles. The van der Waals surface area contributed by atoms with Gasteiger partial charge in [0.05, 0.1) is 12.2 Å². The van der Waals surface area contributed by atoms with Crippen LogP contribution in [0.3, 0.4) is 0 Å². The Bertz CT molecular complexity index is 168. The molecule has 18 heavy (non-hydrogen) atoms. The van der Waals surface area contributed by atoms with Gasteiger partial charge in [-0.1, -0.05) is 65.2 Å². The Morgan fingerprint density at radius 3 is 1.67 bits per heavy atom. The molecule has 0 radical (unpaired) electrons. The molecule has 2 N–H and O–H groups in total. The third-order valence-corrected chi connectivity index (χ3v) is 3.83. The van der Waals surface area contributed by atoms with Gasteiger partial charge >= 0.3 is 0 Å². The first-order valence-electron chi connectivity index (χ1n) is 7.99. The molecule has 0 amide bonds.